The van der Waals surface area contributed by atoms with Gasteiger partial charge in [0.05, 0.1) is 14.2 Å². The Morgan fingerprint density at radius 1 is 1.21 bits per heavy atom. The minimum Gasteiger partial charge on any atom is -0.497 e. The maximum atomic E-state index is 12.8. The zero-order valence-corrected chi connectivity index (χ0v) is 15.0. The van der Waals surface area contributed by atoms with Crippen molar-refractivity contribution in [3.63, 3.8) is 0 Å². The monoisotopic (exact) mass is 331 g/mol. The highest BCUT2D eigenvalue weighted by Crippen LogP contribution is 2.51. The van der Waals surface area contributed by atoms with E-state index in [1.54, 1.807) is 12.0 Å². The summed E-state index contributed by atoms with van der Waals surface area (Å²) >= 11 is 0. The molecular weight excluding hydrogens is 306 g/mol. The summed E-state index contributed by atoms with van der Waals surface area (Å²) in [5, 5.41) is 0. The standard InChI is InChI=1S/C19H25NO4/c1-7-19(17(22)24-6)18(3,4)13(2)16(21)20(19)12-14-8-10-15(23-5)11-9-14/h8-11H,2,7,12H2,1,3-6H3/t19-/m1/s1. The van der Waals surface area contributed by atoms with Crippen molar-refractivity contribution < 1.29 is 19.1 Å². The summed E-state index contributed by atoms with van der Waals surface area (Å²) in [5.74, 6) is 0.129. The molecule has 1 aliphatic heterocycles. The average Bonchev–Trinajstić information content (AvgIpc) is 2.73. The van der Waals surface area contributed by atoms with Crippen LogP contribution in [-0.2, 0) is 20.9 Å². The molecule has 5 heteroatoms. The normalized spacial score (nSPS) is 22.6. The van der Waals surface area contributed by atoms with Gasteiger partial charge in [0.1, 0.15) is 11.3 Å². The highest BCUT2D eigenvalue weighted by atomic mass is 16.5. The highest BCUT2D eigenvalue weighted by molar-refractivity contribution is 6.04. The molecule has 1 aromatic carbocycles. The predicted octanol–water partition coefficient (Wildman–Crippen LogP) is 2.94. The Bertz CT molecular complexity index is 662. The molecule has 2 rings (SSSR count). The molecule has 24 heavy (non-hydrogen) atoms. The van der Waals surface area contributed by atoms with Crippen LogP contribution in [0.2, 0.25) is 0 Å². The van der Waals surface area contributed by atoms with Gasteiger partial charge >= 0.3 is 5.97 Å². The molecule has 0 radical (unpaired) electrons. The van der Waals surface area contributed by atoms with Crippen LogP contribution in [0.5, 0.6) is 5.75 Å². The fraction of sp³-hybridized carbons (Fsp3) is 0.474. The van der Waals surface area contributed by atoms with Crippen LogP contribution in [0, 0.1) is 5.41 Å². The molecule has 1 aliphatic rings. The highest BCUT2D eigenvalue weighted by Gasteiger charge is 2.64. The summed E-state index contributed by atoms with van der Waals surface area (Å²) < 4.78 is 10.2. The van der Waals surface area contributed by atoms with Crippen molar-refractivity contribution in [2.75, 3.05) is 14.2 Å². The van der Waals surface area contributed by atoms with Crippen molar-refractivity contribution in [2.45, 2.75) is 39.3 Å². The number of ether oxygens (including phenoxy) is 2. The lowest BCUT2D eigenvalue weighted by molar-refractivity contribution is -0.163. The van der Waals surface area contributed by atoms with E-state index in [-0.39, 0.29) is 5.91 Å². The first-order valence-electron chi connectivity index (χ1n) is 7.99. The first-order chi connectivity index (χ1) is 11.3. The summed E-state index contributed by atoms with van der Waals surface area (Å²) in [7, 11) is 2.96. The van der Waals surface area contributed by atoms with Crippen LogP contribution >= 0.6 is 0 Å². The molecular formula is C19H25NO4. The van der Waals surface area contributed by atoms with Crippen LogP contribution < -0.4 is 4.74 Å². The second-order valence-electron chi connectivity index (χ2n) is 6.55. The maximum absolute atomic E-state index is 12.8. The van der Waals surface area contributed by atoms with Gasteiger partial charge in [0, 0.05) is 17.5 Å². The quantitative estimate of drug-likeness (QED) is 0.615. The lowest BCUT2D eigenvalue weighted by Crippen LogP contribution is -2.58. The van der Waals surface area contributed by atoms with Gasteiger partial charge in [-0.2, -0.15) is 0 Å². The number of nitrogens with zero attached hydrogens (tertiary/aromatic N) is 1. The predicted molar refractivity (Wildman–Crippen MR) is 91.5 cm³/mol. The number of esters is 1. The minimum absolute atomic E-state index is 0.205. The number of hydrogen-bond donors (Lipinski definition) is 0. The van der Waals surface area contributed by atoms with Gasteiger partial charge in [-0.15, -0.1) is 0 Å². The molecule has 0 aromatic heterocycles. The first kappa shape index (κ1) is 18.0. The van der Waals surface area contributed by atoms with E-state index >= 15 is 0 Å². The lowest BCUT2D eigenvalue weighted by Gasteiger charge is -2.43. The zero-order chi connectivity index (χ0) is 18.1. The summed E-state index contributed by atoms with van der Waals surface area (Å²) in [4.78, 5) is 27.1. The molecule has 1 fully saturated rings. The van der Waals surface area contributed by atoms with Crippen LogP contribution in [-0.4, -0.2) is 36.5 Å². The SMILES string of the molecule is C=C1C(=O)N(Cc2ccc(OC)cc2)[C@](CC)(C(=O)OC)C1(C)C. The van der Waals surface area contributed by atoms with Gasteiger partial charge < -0.3 is 14.4 Å². The van der Waals surface area contributed by atoms with Gasteiger partial charge in [-0.1, -0.05) is 39.5 Å². The Morgan fingerprint density at radius 3 is 2.25 bits per heavy atom. The molecule has 1 amide bonds. The van der Waals surface area contributed by atoms with E-state index in [1.165, 1.54) is 7.11 Å². The van der Waals surface area contributed by atoms with Crippen LogP contribution in [0.3, 0.4) is 0 Å². The summed E-state index contributed by atoms with van der Waals surface area (Å²) in [5.41, 5.74) is -0.423. The molecule has 130 valence electrons. The van der Waals surface area contributed by atoms with Crippen molar-refractivity contribution in [3.8, 4) is 5.75 Å². The van der Waals surface area contributed by atoms with Crippen LogP contribution in [0.15, 0.2) is 36.4 Å². The Morgan fingerprint density at radius 2 is 1.79 bits per heavy atom. The zero-order valence-electron chi connectivity index (χ0n) is 15.0. The molecule has 0 bridgehead atoms. The van der Waals surface area contributed by atoms with E-state index in [0.29, 0.717) is 18.5 Å². The molecule has 1 saturated heterocycles. The van der Waals surface area contributed by atoms with Crippen molar-refractivity contribution in [3.05, 3.63) is 42.0 Å². The van der Waals surface area contributed by atoms with E-state index in [9.17, 15) is 9.59 Å². The van der Waals surface area contributed by atoms with Gasteiger partial charge in [0.15, 0.2) is 0 Å². The number of rotatable bonds is 5. The Hall–Kier alpha value is -2.30. The molecule has 1 aromatic rings. The molecule has 0 unspecified atom stereocenters. The Kier molecular flexibility index (Phi) is 4.74. The molecule has 0 aliphatic carbocycles. The van der Waals surface area contributed by atoms with Crippen molar-refractivity contribution in [1.82, 2.24) is 4.90 Å². The minimum atomic E-state index is -1.06. The molecule has 0 saturated carbocycles. The number of carbonyl (C=O) groups excluding carboxylic acids is 2. The van der Waals surface area contributed by atoms with Crippen molar-refractivity contribution in [1.29, 1.82) is 0 Å². The third-order valence-corrected chi connectivity index (χ3v) is 5.29. The van der Waals surface area contributed by atoms with Crippen molar-refractivity contribution in [2.24, 2.45) is 5.41 Å². The number of hydrogen-bond acceptors (Lipinski definition) is 4. The second-order valence-corrected chi connectivity index (χ2v) is 6.55. The van der Waals surface area contributed by atoms with E-state index in [1.807, 2.05) is 45.0 Å². The largest absolute Gasteiger partial charge is 0.497 e. The van der Waals surface area contributed by atoms with E-state index in [0.717, 1.165) is 11.3 Å². The number of methoxy groups -OCH3 is 2. The number of amides is 1. The molecule has 0 spiro atoms. The van der Waals surface area contributed by atoms with Gasteiger partial charge in [-0.25, -0.2) is 4.79 Å². The summed E-state index contributed by atoms with van der Waals surface area (Å²) in [6.45, 7) is 9.91. The molecule has 5 nitrogen and oxygen atoms in total. The van der Waals surface area contributed by atoms with E-state index in [4.69, 9.17) is 9.47 Å². The third-order valence-electron chi connectivity index (χ3n) is 5.29. The maximum Gasteiger partial charge on any atom is 0.332 e. The number of likely N-dealkylation sites (tertiary alicyclic amines) is 1. The fourth-order valence-electron chi connectivity index (χ4n) is 3.62. The number of carbonyl (C=O) groups is 2. The molecule has 1 heterocycles. The fourth-order valence-corrected chi connectivity index (χ4v) is 3.62. The second kappa shape index (κ2) is 6.30. The average molecular weight is 331 g/mol. The third kappa shape index (κ3) is 2.39. The summed E-state index contributed by atoms with van der Waals surface area (Å²) in [6, 6.07) is 7.44. The van der Waals surface area contributed by atoms with E-state index in [2.05, 4.69) is 6.58 Å². The summed E-state index contributed by atoms with van der Waals surface area (Å²) in [6.07, 6.45) is 0.452. The van der Waals surface area contributed by atoms with Gasteiger partial charge in [-0.3, -0.25) is 4.79 Å². The van der Waals surface area contributed by atoms with Gasteiger partial charge in [0.25, 0.3) is 5.91 Å². The Labute approximate surface area is 143 Å². The number of benzene rings is 1. The van der Waals surface area contributed by atoms with Crippen LogP contribution in [0.1, 0.15) is 32.8 Å². The van der Waals surface area contributed by atoms with Gasteiger partial charge in [0.2, 0.25) is 0 Å². The smallest absolute Gasteiger partial charge is 0.332 e. The van der Waals surface area contributed by atoms with Gasteiger partial charge in [-0.05, 0) is 24.1 Å². The Balaban J connectivity index is 2.49. The van der Waals surface area contributed by atoms with Crippen LogP contribution in [0.4, 0.5) is 0 Å². The van der Waals surface area contributed by atoms with Crippen molar-refractivity contribution >= 4 is 11.9 Å². The topological polar surface area (TPSA) is 55.8 Å². The molecule has 0 N–H and O–H groups in total. The van der Waals surface area contributed by atoms with E-state index < -0.39 is 16.9 Å². The lowest BCUT2D eigenvalue weighted by atomic mass is 9.69. The first-order valence-corrected chi connectivity index (χ1v) is 7.99. The molecule has 1 atom stereocenters. The van der Waals surface area contributed by atoms with Crippen LogP contribution in [0.25, 0.3) is 0 Å².